The second kappa shape index (κ2) is 13.2. The van der Waals surface area contributed by atoms with E-state index in [-0.39, 0.29) is 25.0 Å². The van der Waals surface area contributed by atoms with Gasteiger partial charge >= 0.3 is 5.97 Å². The Morgan fingerprint density at radius 2 is 1.78 bits per heavy atom. The molecule has 4 atom stereocenters. The Kier molecular flexibility index (Phi) is 11.3. The molecule has 1 saturated carbocycles. The number of Topliss-reactive ketones (excluding diaryl/α,β-unsaturated/α-hetero) is 1. The summed E-state index contributed by atoms with van der Waals surface area (Å²) < 4.78 is 0. The molecule has 27 heavy (non-hydrogen) atoms. The van der Waals surface area contributed by atoms with Crippen molar-refractivity contribution in [2.24, 2.45) is 11.8 Å². The molecule has 0 spiro atoms. The molecular formula is C22H32O5. The Morgan fingerprint density at radius 3 is 2.41 bits per heavy atom. The molecule has 1 fully saturated rings. The van der Waals surface area contributed by atoms with Crippen molar-refractivity contribution in [1.29, 1.82) is 0 Å². The molecule has 1 aliphatic rings. The molecule has 5 heteroatoms. The lowest BCUT2D eigenvalue weighted by Gasteiger charge is -2.17. The van der Waals surface area contributed by atoms with Gasteiger partial charge < -0.3 is 15.3 Å². The minimum Gasteiger partial charge on any atom is -0.481 e. The third-order valence-corrected chi connectivity index (χ3v) is 4.62. The highest BCUT2D eigenvalue weighted by Crippen LogP contribution is 2.33. The van der Waals surface area contributed by atoms with E-state index in [1.807, 2.05) is 12.2 Å². The number of aliphatic hydroxyl groups is 2. The van der Waals surface area contributed by atoms with Crippen molar-refractivity contribution in [3.63, 3.8) is 0 Å². The van der Waals surface area contributed by atoms with Crippen molar-refractivity contribution >= 4 is 11.8 Å². The zero-order chi connectivity index (χ0) is 20.1. The average molecular weight is 376 g/mol. The molecule has 1 rings (SSSR count). The van der Waals surface area contributed by atoms with Crippen LogP contribution in [0.25, 0.3) is 0 Å². The van der Waals surface area contributed by atoms with Crippen LogP contribution in [-0.4, -0.2) is 39.3 Å². The van der Waals surface area contributed by atoms with Gasteiger partial charge in [0.1, 0.15) is 5.78 Å². The zero-order valence-corrected chi connectivity index (χ0v) is 16.0. The lowest BCUT2D eigenvalue weighted by Crippen LogP contribution is -2.20. The SMILES string of the molecule is CC/C=C\C/C=C/C/C=C\C[C@@H](O)/C=C/[C@H]1[C@H](CCC(=O)O)C(=O)C[C@@H]1O. The maximum Gasteiger partial charge on any atom is 0.303 e. The lowest BCUT2D eigenvalue weighted by molar-refractivity contribution is -0.137. The number of hydrogen-bond acceptors (Lipinski definition) is 4. The first-order valence-corrected chi connectivity index (χ1v) is 9.69. The van der Waals surface area contributed by atoms with Crippen molar-refractivity contribution in [3.05, 3.63) is 48.6 Å². The zero-order valence-electron chi connectivity index (χ0n) is 16.0. The fourth-order valence-electron chi connectivity index (χ4n) is 3.15. The summed E-state index contributed by atoms with van der Waals surface area (Å²) in [4.78, 5) is 22.7. The van der Waals surface area contributed by atoms with Crippen LogP contribution >= 0.6 is 0 Å². The average Bonchev–Trinajstić information content (AvgIpc) is 2.89. The minimum absolute atomic E-state index is 0.0507. The number of carboxylic acids is 1. The Morgan fingerprint density at radius 1 is 1.15 bits per heavy atom. The Labute approximate surface area is 161 Å². The smallest absolute Gasteiger partial charge is 0.303 e. The molecule has 0 aromatic rings. The number of aliphatic carboxylic acids is 1. The summed E-state index contributed by atoms with van der Waals surface area (Å²) in [5, 5.41) is 28.9. The lowest BCUT2D eigenvalue weighted by atomic mass is 9.89. The Balaban J connectivity index is 2.40. The predicted molar refractivity (Wildman–Crippen MR) is 106 cm³/mol. The first kappa shape index (κ1) is 23.1. The van der Waals surface area contributed by atoms with Gasteiger partial charge in [0.25, 0.3) is 0 Å². The van der Waals surface area contributed by atoms with Crippen LogP contribution < -0.4 is 0 Å². The molecule has 0 aromatic carbocycles. The van der Waals surface area contributed by atoms with Crippen LogP contribution in [0.2, 0.25) is 0 Å². The second-order valence-electron chi connectivity index (χ2n) is 6.84. The highest BCUT2D eigenvalue weighted by atomic mass is 16.4. The van der Waals surface area contributed by atoms with Crippen LogP contribution in [-0.2, 0) is 9.59 Å². The van der Waals surface area contributed by atoms with Gasteiger partial charge in [-0.3, -0.25) is 9.59 Å². The summed E-state index contributed by atoms with van der Waals surface area (Å²) in [6.45, 7) is 2.10. The molecule has 0 unspecified atom stereocenters. The first-order valence-electron chi connectivity index (χ1n) is 9.69. The summed E-state index contributed by atoms with van der Waals surface area (Å²) in [5.74, 6) is -1.96. The van der Waals surface area contributed by atoms with Crippen LogP contribution in [0.3, 0.4) is 0 Å². The Bertz CT molecular complexity index is 573. The number of allylic oxidation sites excluding steroid dienone is 5. The molecule has 0 aromatic heterocycles. The second-order valence-corrected chi connectivity index (χ2v) is 6.84. The summed E-state index contributed by atoms with van der Waals surface area (Å²) >= 11 is 0. The quantitative estimate of drug-likeness (QED) is 0.453. The molecule has 0 bridgehead atoms. The van der Waals surface area contributed by atoms with Crippen LogP contribution in [0, 0.1) is 11.8 Å². The summed E-state index contributed by atoms with van der Waals surface area (Å²) in [5.41, 5.74) is 0. The summed E-state index contributed by atoms with van der Waals surface area (Å²) in [6.07, 6.45) is 17.5. The molecular weight excluding hydrogens is 344 g/mol. The van der Waals surface area contributed by atoms with E-state index in [0.29, 0.717) is 6.42 Å². The van der Waals surface area contributed by atoms with Gasteiger partial charge in [0.15, 0.2) is 0 Å². The highest BCUT2D eigenvalue weighted by Gasteiger charge is 2.39. The standard InChI is InChI=1S/C22H32O5/c1-2-3-4-5-6-7-8-9-10-11-17(23)12-13-18-19(14-15-22(26)27)21(25)16-20(18)24/h3-4,6-7,9-10,12-13,17-20,23-24H,2,5,8,11,14-16H2,1H3,(H,26,27)/b4-3-,7-6+,10-9-,13-12+/t17-,18+,19+,20+/m1/s1. The van der Waals surface area contributed by atoms with Crippen molar-refractivity contribution in [2.75, 3.05) is 0 Å². The van der Waals surface area contributed by atoms with Crippen LogP contribution in [0.4, 0.5) is 0 Å². The van der Waals surface area contributed by atoms with Gasteiger partial charge in [-0.1, -0.05) is 55.5 Å². The molecule has 0 amide bonds. The number of aliphatic hydroxyl groups excluding tert-OH is 2. The fraction of sp³-hybridized carbons (Fsp3) is 0.545. The number of ketones is 1. The van der Waals surface area contributed by atoms with Crippen molar-refractivity contribution in [3.8, 4) is 0 Å². The summed E-state index contributed by atoms with van der Waals surface area (Å²) in [6, 6.07) is 0. The molecule has 0 saturated heterocycles. The van der Waals surface area contributed by atoms with Crippen LogP contribution in [0.1, 0.15) is 51.9 Å². The van der Waals surface area contributed by atoms with Gasteiger partial charge in [-0.25, -0.2) is 0 Å². The molecule has 1 aliphatic carbocycles. The highest BCUT2D eigenvalue weighted by molar-refractivity contribution is 5.85. The van der Waals surface area contributed by atoms with Gasteiger partial charge in [0.05, 0.1) is 12.2 Å². The number of rotatable bonds is 12. The molecule has 0 heterocycles. The number of carbonyl (C=O) groups is 2. The van der Waals surface area contributed by atoms with E-state index >= 15 is 0 Å². The van der Waals surface area contributed by atoms with Gasteiger partial charge in [-0.05, 0) is 32.1 Å². The largest absolute Gasteiger partial charge is 0.481 e. The van der Waals surface area contributed by atoms with Gasteiger partial charge in [-0.15, -0.1) is 0 Å². The van der Waals surface area contributed by atoms with E-state index < -0.39 is 30.0 Å². The van der Waals surface area contributed by atoms with E-state index in [1.165, 1.54) is 0 Å². The Hall–Kier alpha value is -1.98. The number of carboxylic acid groups (broad SMARTS) is 1. The minimum atomic E-state index is -0.951. The van der Waals surface area contributed by atoms with Crippen LogP contribution in [0.15, 0.2) is 48.6 Å². The maximum absolute atomic E-state index is 11.9. The van der Waals surface area contributed by atoms with E-state index in [4.69, 9.17) is 5.11 Å². The van der Waals surface area contributed by atoms with E-state index in [2.05, 4.69) is 31.2 Å². The third kappa shape index (κ3) is 9.50. The molecule has 0 aliphatic heterocycles. The number of carbonyl (C=O) groups excluding carboxylic acids is 1. The molecule has 5 nitrogen and oxygen atoms in total. The molecule has 0 radical (unpaired) electrons. The summed E-state index contributed by atoms with van der Waals surface area (Å²) in [7, 11) is 0. The van der Waals surface area contributed by atoms with Crippen LogP contribution in [0.5, 0.6) is 0 Å². The predicted octanol–water partition coefficient (Wildman–Crippen LogP) is 3.58. The van der Waals surface area contributed by atoms with Gasteiger partial charge in [-0.2, -0.15) is 0 Å². The van der Waals surface area contributed by atoms with E-state index in [1.54, 1.807) is 12.2 Å². The van der Waals surface area contributed by atoms with E-state index in [0.717, 1.165) is 19.3 Å². The third-order valence-electron chi connectivity index (χ3n) is 4.62. The van der Waals surface area contributed by atoms with E-state index in [9.17, 15) is 19.8 Å². The number of hydrogen-bond donors (Lipinski definition) is 3. The fourth-order valence-corrected chi connectivity index (χ4v) is 3.15. The van der Waals surface area contributed by atoms with Gasteiger partial charge in [0, 0.05) is 24.7 Å². The monoisotopic (exact) mass is 376 g/mol. The van der Waals surface area contributed by atoms with Crippen molar-refractivity contribution < 1.29 is 24.9 Å². The maximum atomic E-state index is 11.9. The topological polar surface area (TPSA) is 94.8 Å². The first-order chi connectivity index (χ1) is 13.0. The van der Waals surface area contributed by atoms with Gasteiger partial charge in [0.2, 0.25) is 0 Å². The normalized spacial score (nSPS) is 24.9. The molecule has 150 valence electrons. The van der Waals surface area contributed by atoms with Crippen molar-refractivity contribution in [1.82, 2.24) is 0 Å². The molecule has 3 N–H and O–H groups in total. The van der Waals surface area contributed by atoms with Crippen molar-refractivity contribution in [2.45, 2.75) is 64.1 Å².